The summed E-state index contributed by atoms with van der Waals surface area (Å²) in [5.74, 6) is 0.649. The van der Waals surface area contributed by atoms with Crippen LogP contribution in [0.25, 0.3) is 59.8 Å². The molecule has 0 atom stereocenters. The molecule has 3 aromatic heterocycles. The van der Waals surface area contributed by atoms with Crippen molar-refractivity contribution >= 4 is 59.8 Å². The second-order valence-electron chi connectivity index (χ2n) is 13.0. The first-order valence-electron chi connectivity index (χ1n) is 14.3. The predicted molar refractivity (Wildman–Crippen MR) is 163 cm³/mol. The van der Waals surface area contributed by atoms with E-state index >= 15 is 0 Å². The molecule has 0 unspecified atom stereocenters. The summed E-state index contributed by atoms with van der Waals surface area (Å²) in [5, 5.41) is 9.41. The van der Waals surface area contributed by atoms with Gasteiger partial charge in [-0.25, -0.2) is 0 Å². The van der Waals surface area contributed by atoms with Crippen molar-refractivity contribution < 1.29 is 0 Å². The number of hydrogen-bond acceptors (Lipinski definition) is 1. The largest absolute Gasteiger partial charge is 0.308 e. The molecule has 2 heteroatoms. The number of benzene rings is 4. The van der Waals surface area contributed by atoms with Gasteiger partial charge in [-0.3, -0.25) is 4.98 Å². The van der Waals surface area contributed by atoms with Crippen LogP contribution in [0.3, 0.4) is 0 Å². The molecule has 0 amide bonds. The third-order valence-electron chi connectivity index (χ3n) is 9.13. The first-order chi connectivity index (χ1) is 18.4. The molecule has 1 aliphatic carbocycles. The highest BCUT2D eigenvalue weighted by molar-refractivity contribution is 6.29. The van der Waals surface area contributed by atoms with Gasteiger partial charge in [0, 0.05) is 27.7 Å². The normalized spacial score (nSPS) is 15.5. The lowest BCUT2D eigenvalue weighted by Gasteiger charge is -2.20. The van der Waals surface area contributed by atoms with Gasteiger partial charge in [0.15, 0.2) is 0 Å². The Kier molecular flexibility index (Phi) is 4.52. The summed E-state index contributed by atoms with van der Waals surface area (Å²) in [6, 6.07) is 23.3. The molecular formula is C36H34N2. The third-order valence-corrected chi connectivity index (χ3v) is 9.13. The molecule has 0 bridgehead atoms. The van der Waals surface area contributed by atoms with Crippen LogP contribution in [-0.2, 0) is 6.42 Å². The van der Waals surface area contributed by atoms with Crippen LogP contribution in [0.2, 0.25) is 0 Å². The molecule has 0 spiro atoms. The maximum absolute atomic E-state index is 5.08. The molecule has 1 fully saturated rings. The standard InChI is InChI=1S/C36H34N2/c1-21-26-14-13-22(20-36(2,3)4)17-25(26)19-29-33-31-24(15-16-37-33)18-28(23-9-5-6-10-23)32-27-11-7-8-12-30(27)38(34(21)29)35(31)32/h7-8,11-19,23H,5-6,9-10,20H2,1-4H3. The SMILES string of the molecule is Cc1c2ccc(CC(C)(C)C)cc2cc2c3nccc4cc(C5CCCC5)c5c6ccccc6n(c12)c5c43. The molecule has 0 N–H and O–H groups in total. The minimum atomic E-state index is 0.260. The summed E-state index contributed by atoms with van der Waals surface area (Å²) < 4.78 is 2.59. The van der Waals surface area contributed by atoms with Crippen molar-refractivity contribution in [1.29, 1.82) is 0 Å². The van der Waals surface area contributed by atoms with Crippen LogP contribution < -0.4 is 0 Å². The Bertz CT molecular complexity index is 2040. The minimum absolute atomic E-state index is 0.260. The Labute approximate surface area is 223 Å². The Morgan fingerprint density at radius 3 is 2.45 bits per heavy atom. The fraction of sp³-hybridized carbons (Fsp3) is 0.306. The van der Waals surface area contributed by atoms with Gasteiger partial charge in [-0.1, -0.05) is 70.0 Å². The van der Waals surface area contributed by atoms with E-state index in [1.54, 1.807) is 5.56 Å². The number of nitrogens with zero attached hydrogens (tertiary/aromatic N) is 2. The van der Waals surface area contributed by atoms with E-state index in [1.807, 2.05) is 6.20 Å². The van der Waals surface area contributed by atoms with Crippen molar-refractivity contribution in [1.82, 2.24) is 9.38 Å². The average Bonchev–Trinajstić information content (AvgIpc) is 3.54. The fourth-order valence-corrected chi connectivity index (χ4v) is 7.67. The summed E-state index contributed by atoms with van der Waals surface area (Å²) in [7, 11) is 0. The first-order valence-corrected chi connectivity index (χ1v) is 14.3. The number of hydrogen-bond donors (Lipinski definition) is 0. The van der Waals surface area contributed by atoms with Crippen LogP contribution in [0.5, 0.6) is 0 Å². The summed E-state index contributed by atoms with van der Waals surface area (Å²) in [5.41, 5.74) is 9.69. The Morgan fingerprint density at radius 1 is 0.816 bits per heavy atom. The summed E-state index contributed by atoms with van der Waals surface area (Å²) in [6.45, 7) is 9.27. The van der Waals surface area contributed by atoms with E-state index in [1.165, 1.54) is 91.1 Å². The lowest BCUT2D eigenvalue weighted by atomic mass is 9.86. The topological polar surface area (TPSA) is 17.3 Å². The van der Waals surface area contributed by atoms with Gasteiger partial charge in [0.25, 0.3) is 0 Å². The van der Waals surface area contributed by atoms with Gasteiger partial charge in [-0.15, -0.1) is 0 Å². The van der Waals surface area contributed by atoms with Crippen LogP contribution in [0.1, 0.15) is 69.1 Å². The molecule has 188 valence electrons. The molecule has 38 heavy (non-hydrogen) atoms. The third kappa shape index (κ3) is 3.04. The van der Waals surface area contributed by atoms with Crippen molar-refractivity contribution in [2.24, 2.45) is 5.41 Å². The van der Waals surface area contributed by atoms with E-state index in [-0.39, 0.29) is 5.41 Å². The lowest BCUT2D eigenvalue weighted by molar-refractivity contribution is 0.411. The minimum Gasteiger partial charge on any atom is -0.308 e. The van der Waals surface area contributed by atoms with Crippen LogP contribution in [0.15, 0.2) is 66.9 Å². The zero-order chi connectivity index (χ0) is 25.8. The highest BCUT2D eigenvalue weighted by Crippen LogP contribution is 2.47. The number of pyridine rings is 2. The lowest BCUT2D eigenvalue weighted by Crippen LogP contribution is -2.09. The molecule has 0 radical (unpaired) electrons. The smallest absolute Gasteiger partial charge is 0.0823 e. The van der Waals surface area contributed by atoms with Crippen LogP contribution in [-0.4, -0.2) is 9.38 Å². The molecule has 2 nitrogen and oxygen atoms in total. The molecule has 0 aliphatic heterocycles. The van der Waals surface area contributed by atoms with E-state index in [4.69, 9.17) is 4.98 Å². The van der Waals surface area contributed by atoms with Gasteiger partial charge < -0.3 is 4.40 Å². The van der Waals surface area contributed by atoms with Gasteiger partial charge in [-0.2, -0.15) is 0 Å². The van der Waals surface area contributed by atoms with Crippen molar-refractivity contribution in [2.45, 2.75) is 65.7 Å². The average molecular weight is 495 g/mol. The van der Waals surface area contributed by atoms with Gasteiger partial charge in [-0.05, 0) is 94.6 Å². The van der Waals surface area contributed by atoms with Crippen LogP contribution in [0, 0.1) is 12.3 Å². The molecule has 7 aromatic rings. The maximum atomic E-state index is 5.08. The Hall–Kier alpha value is -3.65. The molecular weight excluding hydrogens is 460 g/mol. The molecule has 1 aliphatic rings. The van der Waals surface area contributed by atoms with Gasteiger partial charge in [0.05, 0.1) is 22.1 Å². The fourth-order valence-electron chi connectivity index (χ4n) is 7.67. The quantitative estimate of drug-likeness (QED) is 0.173. The van der Waals surface area contributed by atoms with Crippen molar-refractivity contribution in [2.75, 3.05) is 0 Å². The molecule has 1 saturated carbocycles. The summed E-state index contributed by atoms with van der Waals surface area (Å²) in [6.07, 6.45) is 8.39. The number of rotatable bonds is 2. The Morgan fingerprint density at radius 2 is 1.63 bits per heavy atom. The van der Waals surface area contributed by atoms with E-state index in [2.05, 4.69) is 92.8 Å². The highest BCUT2D eigenvalue weighted by atomic mass is 14.9. The van der Waals surface area contributed by atoms with E-state index in [0.29, 0.717) is 5.92 Å². The maximum Gasteiger partial charge on any atom is 0.0823 e. The zero-order valence-corrected chi connectivity index (χ0v) is 22.9. The van der Waals surface area contributed by atoms with E-state index < -0.39 is 0 Å². The summed E-state index contributed by atoms with van der Waals surface area (Å²) in [4.78, 5) is 5.08. The van der Waals surface area contributed by atoms with Crippen molar-refractivity contribution in [3.8, 4) is 0 Å². The van der Waals surface area contributed by atoms with Crippen LogP contribution in [0.4, 0.5) is 0 Å². The number of fused-ring (bicyclic) bond motifs is 7. The second kappa shape index (κ2) is 7.69. The molecule has 0 saturated heterocycles. The van der Waals surface area contributed by atoms with E-state index in [9.17, 15) is 0 Å². The second-order valence-corrected chi connectivity index (χ2v) is 13.0. The Balaban J connectivity index is 1.60. The van der Waals surface area contributed by atoms with Crippen LogP contribution >= 0.6 is 0 Å². The first kappa shape index (κ1) is 22.3. The number of aromatic nitrogens is 2. The zero-order valence-electron chi connectivity index (χ0n) is 22.9. The molecule has 3 heterocycles. The summed E-state index contributed by atoms with van der Waals surface area (Å²) >= 11 is 0. The van der Waals surface area contributed by atoms with Gasteiger partial charge in [0.1, 0.15) is 0 Å². The van der Waals surface area contributed by atoms with Gasteiger partial charge in [0.2, 0.25) is 0 Å². The highest BCUT2D eigenvalue weighted by Gasteiger charge is 2.27. The van der Waals surface area contributed by atoms with Gasteiger partial charge >= 0.3 is 0 Å². The molecule has 4 aromatic carbocycles. The number of aryl methyl sites for hydroxylation is 1. The van der Waals surface area contributed by atoms with Crippen molar-refractivity contribution in [3.63, 3.8) is 0 Å². The predicted octanol–water partition coefficient (Wildman–Crippen LogP) is 10.1. The van der Waals surface area contributed by atoms with E-state index in [0.717, 1.165) is 11.9 Å². The molecule has 8 rings (SSSR count). The number of para-hydroxylation sites is 1. The van der Waals surface area contributed by atoms with Crippen molar-refractivity contribution in [3.05, 3.63) is 83.6 Å². The monoisotopic (exact) mass is 494 g/mol.